The van der Waals surface area contributed by atoms with Crippen molar-refractivity contribution in [1.82, 2.24) is 4.98 Å². The van der Waals surface area contributed by atoms with Crippen molar-refractivity contribution in [1.29, 1.82) is 0 Å². The molecule has 60 valence electrons. The van der Waals surface area contributed by atoms with Gasteiger partial charge in [-0.1, -0.05) is 6.07 Å². The Morgan fingerprint density at radius 3 is 2.91 bits per heavy atom. The molecule has 1 atom stereocenters. The summed E-state index contributed by atoms with van der Waals surface area (Å²) < 4.78 is 0. The van der Waals surface area contributed by atoms with E-state index in [1.807, 2.05) is 12.1 Å². The van der Waals surface area contributed by atoms with E-state index in [1.165, 1.54) is 0 Å². The molecule has 3 nitrogen and oxygen atoms in total. The monoisotopic (exact) mass is 151 g/mol. The smallest absolute Gasteiger partial charge is 0.0322 e. The maximum atomic E-state index is 5.79. The second-order valence-electron chi connectivity index (χ2n) is 2.47. The van der Waals surface area contributed by atoms with Gasteiger partial charge in [-0.05, 0) is 24.6 Å². The number of aromatic nitrogens is 1. The van der Waals surface area contributed by atoms with Crippen molar-refractivity contribution in [3.63, 3.8) is 0 Å². The molecule has 0 amide bonds. The summed E-state index contributed by atoms with van der Waals surface area (Å²) in [7, 11) is 0. The molecule has 0 fully saturated rings. The lowest BCUT2D eigenvalue weighted by atomic mass is 10.1. The van der Waals surface area contributed by atoms with Crippen molar-refractivity contribution >= 4 is 0 Å². The summed E-state index contributed by atoms with van der Waals surface area (Å²) >= 11 is 0. The van der Waals surface area contributed by atoms with Gasteiger partial charge in [0.15, 0.2) is 0 Å². The van der Waals surface area contributed by atoms with Crippen LogP contribution in [0.2, 0.25) is 0 Å². The van der Waals surface area contributed by atoms with E-state index in [1.54, 1.807) is 12.4 Å². The first-order chi connectivity index (χ1) is 5.34. The van der Waals surface area contributed by atoms with Gasteiger partial charge in [0, 0.05) is 18.4 Å². The minimum atomic E-state index is 0.0358. The summed E-state index contributed by atoms with van der Waals surface area (Å²) in [5, 5.41) is 0. The minimum absolute atomic E-state index is 0.0358. The van der Waals surface area contributed by atoms with E-state index in [9.17, 15) is 0 Å². The van der Waals surface area contributed by atoms with E-state index in [2.05, 4.69) is 4.98 Å². The fourth-order valence-corrected chi connectivity index (χ4v) is 0.942. The summed E-state index contributed by atoms with van der Waals surface area (Å²) in [4.78, 5) is 3.97. The van der Waals surface area contributed by atoms with E-state index in [0.717, 1.165) is 12.0 Å². The molecule has 0 aliphatic rings. The largest absolute Gasteiger partial charge is 0.330 e. The molecule has 1 aromatic rings. The third kappa shape index (κ3) is 2.29. The van der Waals surface area contributed by atoms with Crippen LogP contribution in [-0.4, -0.2) is 11.5 Å². The second-order valence-corrected chi connectivity index (χ2v) is 2.47. The van der Waals surface area contributed by atoms with Crippen LogP contribution >= 0.6 is 0 Å². The van der Waals surface area contributed by atoms with Crippen molar-refractivity contribution in [2.45, 2.75) is 12.5 Å². The van der Waals surface area contributed by atoms with Crippen LogP contribution < -0.4 is 11.5 Å². The van der Waals surface area contributed by atoms with Crippen molar-refractivity contribution in [2.75, 3.05) is 6.54 Å². The van der Waals surface area contributed by atoms with Crippen LogP contribution in [0.25, 0.3) is 0 Å². The van der Waals surface area contributed by atoms with Gasteiger partial charge in [0.25, 0.3) is 0 Å². The van der Waals surface area contributed by atoms with Crippen LogP contribution in [0, 0.1) is 0 Å². The quantitative estimate of drug-likeness (QED) is 0.658. The van der Waals surface area contributed by atoms with E-state index in [4.69, 9.17) is 11.5 Å². The Bertz CT molecular complexity index is 198. The molecule has 4 N–H and O–H groups in total. The van der Waals surface area contributed by atoms with Gasteiger partial charge < -0.3 is 11.5 Å². The molecule has 0 aliphatic carbocycles. The predicted molar refractivity (Wildman–Crippen MR) is 44.8 cm³/mol. The van der Waals surface area contributed by atoms with E-state index in [-0.39, 0.29) is 6.04 Å². The molecule has 0 bridgehead atoms. The van der Waals surface area contributed by atoms with Gasteiger partial charge >= 0.3 is 0 Å². The first-order valence-electron chi connectivity index (χ1n) is 3.70. The van der Waals surface area contributed by atoms with E-state index < -0.39 is 0 Å². The molecule has 3 heteroatoms. The van der Waals surface area contributed by atoms with Gasteiger partial charge in [-0.15, -0.1) is 0 Å². The molecule has 0 unspecified atom stereocenters. The molecule has 0 radical (unpaired) electrons. The van der Waals surface area contributed by atoms with Crippen molar-refractivity contribution in [3.8, 4) is 0 Å². The first-order valence-corrected chi connectivity index (χ1v) is 3.70. The lowest BCUT2D eigenvalue weighted by molar-refractivity contribution is 0.659. The standard InChI is InChI=1S/C8H13N3/c9-4-3-8(10)7-2-1-5-11-6-7/h1-2,5-6,8H,3-4,9-10H2/t8-/m1/s1. The molecule has 1 rings (SSSR count). The van der Waals surface area contributed by atoms with Crippen LogP contribution in [0.1, 0.15) is 18.0 Å². The normalized spacial score (nSPS) is 12.9. The number of hydrogen-bond donors (Lipinski definition) is 2. The number of nitrogens with two attached hydrogens (primary N) is 2. The minimum Gasteiger partial charge on any atom is -0.330 e. The summed E-state index contributed by atoms with van der Waals surface area (Å²) in [6.45, 7) is 0.621. The maximum Gasteiger partial charge on any atom is 0.0322 e. The molecule has 0 aromatic carbocycles. The lowest BCUT2D eigenvalue weighted by Gasteiger charge is -2.08. The molecular formula is C8H13N3. The fourth-order valence-electron chi connectivity index (χ4n) is 0.942. The number of pyridine rings is 1. The zero-order chi connectivity index (χ0) is 8.10. The highest BCUT2D eigenvalue weighted by molar-refractivity contribution is 5.12. The van der Waals surface area contributed by atoms with Gasteiger partial charge in [-0.3, -0.25) is 4.98 Å². The highest BCUT2D eigenvalue weighted by atomic mass is 14.7. The molecule has 1 aromatic heterocycles. The Morgan fingerprint density at radius 1 is 1.55 bits per heavy atom. The summed E-state index contributed by atoms with van der Waals surface area (Å²) in [6, 6.07) is 3.88. The van der Waals surface area contributed by atoms with Crippen molar-refractivity contribution in [2.24, 2.45) is 11.5 Å². The lowest BCUT2D eigenvalue weighted by Crippen LogP contribution is -2.15. The molecule has 11 heavy (non-hydrogen) atoms. The summed E-state index contributed by atoms with van der Waals surface area (Å²) in [5.41, 5.74) is 12.2. The zero-order valence-electron chi connectivity index (χ0n) is 6.40. The highest BCUT2D eigenvalue weighted by Crippen LogP contribution is 2.10. The first kappa shape index (κ1) is 8.17. The maximum absolute atomic E-state index is 5.79. The molecule has 0 saturated heterocycles. The van der Waals surface area contributed by atoms with Crippen molar-refractivity contribution < 1.29 is 0 Å². The summed E-state index contributed by atoms with van der Waals surface area (Å²) in [6.07, 6.45) is 4.32. The molecule has 0 saturated carbocycles. The van der Waals surface area contributed by atoms with Crippen LogP contribution in [0.3, 0.4) is 0 Å². The number of hydrogen-bond acceptors (Lipinski definition) is 3. The van der Waals surface area contributed by atoms with Gasteiger partial charge in [0.2, 0.25) is 0 Å². The average molecular weight is 151 g/mol. The van der Waals surface area contributed by atoms with Gasteiger partial charge in [0.1, 0.15) is 0 Å². The topological polar surface area (TPSA) is 64.9 Å². The van der Waals surface area contributed by atoms with Gasteiger partial charge in [0.05, 0.1) is 0 Å². The van der Waals surface area contributed by atoms with Crippen LogP contribution in [-0.2, 0) is 0 Å². The van der Waals surface area contributed by atoms with Gasteiger partial charge in [-0.2, -0.15) is 0 Å². The molecule has 0 aliphatic heterocycles. The number of rotatable bonds is 3. The highest BCUT2D eigenvalue weighted by Gasteiger charge is 2.02. The van der Waals surface area contributed by atoms with E-state index >= 15 is 0 Å². The Morgan fingerprint density at radius 2 is 2.36 bits per heavy atom. The SMILES string of the molecule is NCC[C@@H](N)c1cccnc1. The second kappa shape index (κ2) is 4.05. The zero-order valence-corrected chi connectivity index (χ0v) is 6.40. The third-order valence-electron chi connectivity index (χ3n) is 1.59. The van der Waals surface area contributed by atoms with Crippen LogP contribution in [0.4, 0.5) is 0 Å². The predicted octanol–water partition coefficient (Wildman–Crippen LogP) is 0.430. The molecule has 0 spiro atoms. The van der Waals surface area contributed by atoms with Crippen molar-refractivity contribution in [3.05, 3.63) is 30.1 Å². The molecule has 1 heterocycles. The fraction of sp³-hybridized carbons (Fsp3) is 0.375. The Balaban J connectivity index is 2.61. The van der Waals surface area contributed by atoms with Crippen LogP contribution in [0.5, 0.6) is 0 Å². The summed E-state index contributed by atoms with van der Waals surface area (Å²) in [5.74, 6) is 0. The molecular weight excluding hydrogens is 138 g/mol. The third-order valence-corrected chi connectivity index (χ3v) is 1.59. The Hall–Kier alpha value is -0.930. The van der Waals surface area contributed by atoms with Gasteiger partial charge in [-0.25, -0.2) is 0 Å². The van der Waals surface area contributed by atoms with Crippen LogP contribution in [0.15, 0.2) is 24.5 Å². The average Bonchev–Trinajstić information content (AvgIpc) is 2.07. The van der Waals surface area contributed by atoms with E-state index in [0.29, 0.717) is 6.54 Å². The Kier molecular flexibility index (Phi) is 3.01. The Labute approximate surface area is 66.4 Å². The number of nitrogens with zero attached hydrogens (tertiary/aromatic N) is 1.